The molecule has 1 saturated heterocycles. The Morgan fingerprint density at radius 1 is 1.34 bits per heavy atom. The summed E-state index contributed by atoms with van der Waals surface area (Å²) in [6, 6.07) is 6.45. The van der Waals surface area contributed by atoms with Gasteiger partial charge in [0.1, 0.15) is 5.60 Å². The number of likely N-dealkylation sites (tertiary alicyclic amines) is 1. The van der Waals surface area contributed by atoms with E-state index >= 15 is 0 Å². The van der Waals surface area contributed by atoms with Crippen LogP contribution in [0.1, 0.15) is 33.3 Å². The minimum atomic E-state index is -3.74. The highest BCUT2D eigenvalue weighted by Gasteiger charge is 2.34. The highest BCUT2D eigenvalue weighted by atomic mass is 127. The van der Waals surface area contributed by atoms with Crippen molar-refractivity contribution in [3.63, 3.8) is 0 Å². The summed E-state index contributed by atoms with van der Waals surface area (Å²) in [6.07, 6.45) is -0.327. The van der Waals surface area contributed by atoms with E-state index in [1.165, 1.54) is 12.1 Å². The summed E-state index contributed by atoms with van der Waals surface area (Å²) in [7, 11) is -3.74. The molecule has 1 heterocycles. The van der Waals surface area contributed by atoms with Crippen LogP contribution in [0, 0.1) is 0 Å². The Labute approximate surface area is 189 Å². The first-order valence-corrected chi connectivity index (χ1v) is 10.7. The minimum Gasteiger partial charge on any atom is -0.444 e. The number of benzene rings is 1. The monoisotopic (exact) mass is 539 g/mol. The first-order valence-electron chi connectivity index (χ1n) is 9.12. The molecule has 0 aromatic heterocycles. The molecule has 1 fully saturated rings. The molecular formula is C18H30IN5O4S. The van der Waals surface area contributed by atoms with Crippen molar-refractivity contribution in [3.05, 3.63) is 29.8 Å². The molecule has 0 aliphatic carbocycles. The van der Waals surface area contributed by atoms with Crippen molar-refractivity contribution >= 4 is 46.1 Å². The third-order valence-electron chi connectivity index (χ3n) is 3.87. The van der Waals surface area contributed by atoms with Gasteiger partial charge in [0.15, 0.2) is 5.96 Å². The molecule has 2 rings (SSSR count). The first kappa shape index (κ1) is 25.4. The fourth-order valence-corrected chi connectivity index (χ4v) is 3.13. The Hall–Kier alpha value is -1.60. The second kappa shape index (κ2) is 10.4. The van der Waals surface area contributed by atoms with Gasteiger partial charge in [0.25, 0.3) is 0 Å². The van der Waals surface area contributed by atoms with E-state index in [4.69, 9.17) is 9.88 Å². The summed E-state index contributed by atoms with van der Waals surface area (Å²) in [5, 5.41) is 11.6. The standard InChI is InChI=1S/C18H29N5O4S.HI/c1-5-20-16(21-10-13-7-6-8-15(9-13)28(19,25)26)22-14-11-23(12-14)17(24)27-18(2,3)4;/h6-9,14H,5,10-12H2,1-4H3,(H2,19,25,26)(H2,20,21,22);1H. The van der Waals surface area contributed by atoms with E-state index in [-0.39, 0.29) is 41.0 Å². The number of primary sulfonamides is 1. The normalized spacial score (nSPS) is 15.2. The van der Waals surface area contributed by atoms with Gasteiger partial charge >= 0.3 is 6.09 Å². The molecule has 4 N–H and O–H groups in total. The number of nitrogens with zero attached hydrogens (tertiary/aromatic N) is 2. The molecule has 0 spiro atoms. The molecule has 0 radical (unpaired) electrons. The molecule has 164 valence electrons. The van der Waals surface area contributed by atoms with Crippen LogP contribution in [-0.4, -0.2) is 56.6 Å². The van der Waals surface area contributed by atoms with Crippen molar-refractivity contribution in [1.29, 1.82) is 0 Å². The van der Waals surface area contributed by atoms with Crippen LogP contribution in [-0.2, 0) is 21.3 Å². The Kier molecular flexibility index (Phi) is 9.15. The van der Waals surface area contributed by atoms with Gasteiger partial charge < -0.3 is 20.3 Å². The van der Waals surface area contributed by atoms with Gasteiger partial charge in [-0.3, -0.25) is 0 Å². The summed E-state index contributed by atoms with van der Waals surface area (Å²) >= 11 is 0. The van der Waals surface area contributed by atoms with Gasteiger partial charge in [-0.2, -0.15) is 0 Å². The molecule has 1 aromatic rings. The van der Waals surface area contributed by atoms with Gasteiger partial charge in [-0.15, -0.1) is 24.0 Å². The first-order chi connectivity index (χ1) is 13.0. The lowest BCUT2D eigenvalue weighted by atomic mass is 10.1. The van der Waals surface area contributed by atoms with Gasteiger partial charge in [-0.05, 0) is 45.4 Å². The van der Waals surface area contributed by atoms with Crippen molar-refractivity contribution in [1.82, 2.24) is 15.5 Å². The SMILES string of the molecule is CCNC(=NCc1cccc(S(N)(=O)=O)c1)NC1CN(C(=O)OC(C)(C)C)C1.I. The quantitative estimate of drug-likeness (QED) is 0.297. The third kappa shape index (κ3) is 8.34. The van der Waals surface area contributed by atoms with E-state index in [0.29, 0.717) is 32.1 Å². The van der Waals surface area contributed by atoms with Gasteiger partial charge in [-0.1, -0.05) is 12.1 Å². The number of rotatable bonds is 5. The van der Waals surface area contributed by atoms with Gasteiger partial charge in [0.05, 0.1) is 17.5 Å². The highest BCUT2D eigenvalue weighted by molar-refractivity contribution is 14.0. The predicted octanol–water partition coefficient (Wildman–Crippen LogP) is 1.63. The number of sulfonamides is 1. The summed E-state index contributed by atoms with van der Waals surface area (Å²) in [6.45, 7) is 9.48. The fraction of sp³-hybridized carbons (Fsp3) is 0.556. The second-order valence-electron chi connectivity index (χ2n) is 7.61. The van der Waals surface area contributed by atoms with Crippen LogP contribution in [0.25, 0.3) is 0 Å². The molecule has 29 heavy (non-hydrogen) atoms. The number of amides is 1. The number of halogens is 1. The van der Waals surface area contributed by atoms with E-state index < -0.39 is 15.6 Å². The molecule has 9 nitrogen and oxygen atoms in total. The predicted molar refractivity (Wildman–Crippen MR) is 123 cm³/mol. The lowest BCUT2D eigenvalue weighted by Crippen LogP contribution is -2.63. The van der Waals surface area contributed by atoms with E-state index in [1.54, 1.807) is 17.0 Å². The maximum Gasteiger partial charge on any atom is 0.410 e. The Morgan fingerprint density at radius 2 is 2.00 bits per heavy atom. The number of guanidine groups is 1. The van der Waals surface area contributed by atoms with Crippen LogP contribution >= 0.6 is 24.0 Å². The van der Waals surface area contributed by atoms with E-state index in [0.717, 1.165) is 5.56 Å². The Morgan fingerprint density at radius 3 is 2.55 bits per heavy atom. The van der Waals surface area contributed by atoms with E-state index in [2.05, 4.69) is 15.6 Å². The minimum absolute atomic E-state index is 0. The molecule has 0 unspecified atom stereocenters. The van der Waals surface area contributed by atoms with Gasteiger partial charge in [0, 0.05) is 19.6 Å². The molecule has 11 heteroatoms. The topological polar surface area (TPSA) is 126 Å². The summed E-state index contributed by atoms with van der Waals surface area (Å²) in [5.41, 5.74) is 0.213. The number of hydrogen-bond donors (Lipinski definition) is 3. The lowest BCUT2D eigenvalue weighted by Gasteiger charge is -2.40. The summed E-state index contributed by atoms with van der Waals surface area (Å²) in [4.78, 5) is 18.2. The Bertz CT molecular complexity index is 833. The summed E-state index contributed by atoms with van der Waals surface area (Å²) in [5.74, 6) is 0.595. The van der Waals surface area contributed by atoms with E-state index in [9.17, 15) is 13.2 Å². The van der Waals surface area contributed by atoms with Crippen molar-refractivity contribution in [2.24, 2.45) is 10.1 Å². The zero-order valence-electron chi connectivity index (χ0n) is 17.1. The van der Waals surface area contributed by atoms with Crippen LogP contribution in [0.3, 0.4) is 0 Å². The Balaban J connectivity index is 0.00000420. The maximum absolute atomic E-state index is 12.0. The number of nitrogens with one attached hydrogen (secondary N) is 2. The van der Waals surface area contributed by atoms with Crippen LogP contribution in [0.4, 0.5) is 4.79 Å². The molecule has 0 atom stereocenters. The summed E-state index contributed by atoms with van der Waals surface area (Å²) < 4.78 is 28.3. The maximum atomic E-state index is 12.0. The molecule has 1 aromatic carbocycles. The number of aliphatic imine (C=N–C) groups is 1. The molecule has 0 saturated carbocycles. The van der Waals surface area contributed by atoms with Crippen molar-refractivity contribution in [3.8, 4) is 0 Å². The lowest BCUT2D eigenvalue weighted by molar-refractivity contribution is 0.00700. The number of carbonyl (C=O) groups excluding carboxylic acids is 1. The van der Waals surface area contributed by atoms with E-state index in [1.807, 2.05) is 27.7 Å². The smallest absolute Gasteiger partial charge is 0.410 e. The van der Waals surface area contributed by atoms with Crippen molar-refractivity contribution in [2.45, 2.75) is 50.8 Å². The second-order valence-corrected chi connectivity index (χ2v) is 9.18. The van der Waals surface area contributed by atoms with Crippen LogP contribution in [0.2, 0.25) is 0 Å². The average Bonchev–Trinajstić information content (AvgIpc) is 2.53. The number of nitrogens with two attached hydrogens (primary N) is 1. The number of carbonyl (C=O) groups is 1. The van der Waals surface area contributed by atoms with Gasteiger partial charge in [0.2, 0.25) is 10.0 Å². The molecule has 1 amide bonds. The fourth-order valence-electron chi connectivity index (χ4n) is 2.55. The molecule has 1 aliphatic rings. The zero-order chi connectivity index (χ0) is 20.9. The van der Waals surface area contributed by atoms with Crippen LogP contribution in [0.5, 0.6) is 0 Å². The largest absolute Gasteiger partial charge is 0.444 e. The van der Waals surface area contributed by atoms with Crippen molar-refractivity contribution in [2.75, 3.05) is 19.6 Å². The molecule has 0 bridgehead atoms. The average molecular weight is 539 g/mol. The number of hydrogen-bond acceptors (Lipinski definition) is 5. The van der Waals surface area contributed by atoms with Crippen molar-refractivity contribution < 1.29 is 17.9 Å². The molecule has 1 aliphatic heterocycles. The van der Waals surface area contributed by atoms with Crippen LogP contribution < -0.4 is 15.8 Å². The molecular weight excluding hydrogens is 509 g/mol. The number of ether oxygens (including phenoxy) is 1. The van der Waals surface area contributed by atoms with Crippen LogP contribution in [0.15, 0.2) is 34.2 Å². The highest BCUT2D eigenvalue weighted by Crippen LogP contribution is 2.15. The van der Waals surface area contributed by atoms with Gasteiger partial charge in [-0.25, -0.2) is 23.3 Å². The zero-order valence-corrected chi connectivity index (χ0v) is 20.3. The third-order valence-corrected chi connectivity index (χ3v) is 4.78.